The van der Waals surface area contributed by atoms with Crippen LogP contribution >= 0.6 is 23.2 Å². The van der Waals surface area contributed by atoms with Crippen LogP contribution in [0.25, 0.3) is 22.6 Å². The molecule has 9 rings (SSSR count). The van der Waals surface area contributed by atoms with E-state index in [1.807, 2.05) is 28.8 Å². The predicted molar refractivity (Wildman–Crippen MR) is 297 cm³/mol. The van der Waals surface area contributed by atoms with Gasteiger partial charge in [0.25, 0.3) is 0 Å². The van der Waals surface area contributed by atoms with E-state index in [2.05, 4.69) is 15.3 Å². The molecular weight excluding hydrogens is 1170 g/mol. The van der Waals surface area contributed by atoms with Crippen molar-refractivity contribution in [2.24, 2.45) is 0 Å². The molecule has 0 bridgehead atoms. The number of rotatable bonds is 12. The molecule has 7 aromatic rings. The Balaban J connectivity index is 0.000000227. The number of hydrogen-bond acceptors (Lipinski definition) is 19. The molecule has 0 radical (unpaired) electrons. The third-order valence-corrected chi connectivity index (χ3v) is 17.1. The van der Waals surface area contributed by atoms with Gasteiger partial charge < -0.3 is 29.6 Å². The molecule has 2 aliphatic heterocycles. The Labute approximate surface area is 495 Å². The van der Waals surface area contributed by atoms with Crippen LogP contribution in [-0.4, -0.2) is 173 Å². The fraction of sp³-hybridized carbons (Fsp3) is 0.250. The average Bonchev–Trinajstić information content (AvgIpc) is 4.10. The van der Waals surface area contributed by atoms with E-state index in [0.29, 0.717) is 79.2 Å². The summed E-state index contributed by atoms with van der Waals surface area (Å²) < 4.78 is 104. The quantitative estimate of drug-likeness (QED) is 0.0508. The van der Waals surface area contributed by atoms with E-state index in [9.17, 15) is 36.9 Å². The van der Waals surface area contributed by atoms with E-state index in [1.165, 1.54) is 121 Å². The third-order valence-electron chi connectivity index (χ3n) is 11.9. The van der Waals surface area contributed by atoms with Crippen LogP contribution in [-0.2, 0) is 38.6 Å². The SMILES string of the molecule is COc1ccc(S(=O)(=O)N2CCC(Nc3ncccc3[N+](=O)[O-])CC2)cc1Cl.COc1ccc(S(=O)(=O)N2CCC(n3c(-c4ccccc4O)nc4cccnc43)CC2)cc1Cl.O=Cc1ccccc1O.O=S(=O)=S(=O)=O.[Na][Na]. The summed E-state index contributed by atoms with van der Waals surface area (Å²) in [6.07, 6.45) is 5.95. The fourth-order valence-electron chi connectivity index (χ4n) is 8.06. The summed E-state index contributed by atoms with van der Waals surface area (Å²) in [6, 6.07) is 28.7. The number of aldehydes is 1. The maximum atomic E-state index is 13.2. The second-order valence-corrected chi connectivity index (χ2v) is 23.6. The van der Waals surface area contributed by atoms with Gasteiger partial charge in [-0.15, -0.1) is 0 Å². The van der Waals surface area contributed by atoms with Crippen LogP contribution in [0.15, 0.2) is 131 Å². The van der Waals surface area contributed by atoms with Crippen molar-refractivity contribution in [1.29, 1.82) is 0 Å². The summed E-state index contributed by atoms with van der Waals surface area (Å²) in [4.78, 5) is 34.2. The Morgan fingerprint density at radius 3 is 1.67 bits per heavy atom. The van der Waals surface area contributed by atoms with Gasteiger partial charge in [0.05, 0.1) is 50.1 Å². The number of fused-ring (bicyclic) bond motifs is 1. The number of aromatic nitrogens is 4. The standard InChI is InChI=1S/C24H23ClN4O4S.C17H19ClN4O5S.C7H6O2.2Na.O4S2/c1-33-22-9-8-17(15-19(22)25)34(31,32)28-13-10-16(11-14-28)29-23(18-5-2-3-7-21(18)30)27-20-6-4-12-26-24(20)29;1-27-16-5-4-13(11-14(16)18)28(25,26)21-9-6-12(7-10-21)20-17-15(22(23)24)3-2-8-19-17;8-5-6-3-1-2-4-7(6)9;;;1-5(2)6(3)4/h2-9,12,15-16,30H,10-11,13-14H2,1H3;2-5,8,11-12H,6-7,9-10H2,1H3,(H,19,20);1-5,9H;;;. The second-order valence-electron chi connectivity index (χ2n) is 16.4. The third kappa shape index (κ3) is 16.9. The number of nitrogens with zero attached hydrogens (tertiary/aromatic N) is 7. The number of carbonyl (C=O) groups excluding carboxylic acids is 1. The second kappa shape index (κ2) is 30.5. The Bertz CT molecular complexity index is 3730. The number of piperidine rings is 2. The Morgan fingerprint density at radius 1 is 0.709 bits per heavy atom. The van der Waals surface area contributed by atoms with Crippen molar-refractivity contribution in [2.45, 2.75) is 47.6 Å². The van der Waals surface area contributed by atoms with Crippen LogP contribution in [0.3, 0.4) is 0 Å². The van der Waals surface area contributed by atoms with Crippen molar-refractivity contribution in [3.05, 3.63) is 147 Å². The molecule has 5 heterocycles. The van der Waals surface area contributed by atoms with Gasteiger partial charge in [-0.25, -0.2) is 31.8 Å². The number of methoxy groups -OCH3 is 2. The number of phenols is 2. The molecule has 3 N–H and O–H groups in total. The van der Waals surface area contributed by atoms with E-state index in [1.54, 1.807) is 42.6 Å². The molecule has 0 atom stereocenters. The zero-order valence-corrected chi connectivity index (χ0v) is 51.4. The number of aromatic hydroxyl groups is 2. The zero-order chi connectivity index (χ0) is 58.0. The molecule has 4 aromatic carbocycles. The van der Waals surface area contributed by atoms with Gasteiger partial charge in [-0.2, -0.15) is 25.4 Å². The first-order valence-electron chi connectivity index (χ1n) is 23.8. The average molecular weight is 1220 g/mol. The first-order valence-corrected chi connectivity index (χ1v) is 38.1. The minimum atomic E-state index is -3.70. The van der Waals surface area contributed by atoms with Crippen LogP contribution in [0.2, 0.25) is 10.0 Å². The van der Waals surface area contributed by atoms with Crippen molar-refractivity contribution < 1.29 is 63.1 Å². The van der Waals surface area contributed by atoms with E-state index < -0.39 is 43.5 Å². The summed E-state index contributed by atoms with van der Waals surface area (Å²) in [5.74, 6) is 1.81. The summed E-state index contributed by atoms with van der Waals surface area (Å²) in [5.41, 5.74) is 2.28. The molecule has 3 aromatic heterocycles. The van der Waals surface area contributed by atoms with Gasteiger partial charge in [-0.1, -0.05) is 47.5 Å². The topological polar surface area (TPSA) is 318 Å². The van der Waals surface area contributed by atoms with Crippen LogP contribution in [0, 0.1) is 10.1 Å². The predicted octanol–water partition coefficient (Wildman–Crippen LogP) is 6.51. The molecule has 0 spiro atoms. The normalized spacial score (nSPS) is 14.0. The van der Waals surface area contributed by atoms with Gasteiger partial charge in [0.2, 0.25) is 25.9 Å². The van der Waals surface area contributed by atoms with E-state index in [0.717, 1.165) is 5.52 Å². The first kappa shape index (κ1) is 64.6. The summed E-state index contributed by atoms with van der Waals surface area (Å²) in [5, 5.41) is 34.0. The number of nitro groups is 1. The monoisotopic (exact) mass is 1220 g/mol. The fourth-order valence-corrected chi connectivity index (χ4v) is 11.7. The Kier molecular flexibility index (Phi) is 25.0. The molecular formula is C48H48Cl2N8Na2O15S4. The molecule has 410 valence electrons. The van der Waals surface area contributed by atoms with E-state index in [4.69, 9.17) is 59.6 Å². The van der Waals surface area contributed by atoms with E-state index >= 15 is 0 Å². The van der Waals surface area contributed by atoms with Crippen LogP contribution in [0.4, 0.5) is 11.5 Å². The van der Waals surface area contributed by atoms with Gasteiger partial charge in [0.1, 0.15) is 34.3 Å². The maximum absolute atomic E-state index is 13.2. The molecule has 0 unspecified atom stereocenters. The molecule has 79 heavy (non-hydrogen) atoms. The van der Waals surface area contributed by atoms with Gasteiger partial charge in [0, 0.05) is 56.7 Å². The molecule has 31 heteroatoms. The van der Waals surface area contributed by atoms with Crippen molar-refractivity contribution >= 4 is 134 Å². The van der Waals surface area contributed by atoms with Crippen molar-refractivity contribution in [2.75, 3.05) is 45.7 Å². The van der Waals surface area contributed by atoms with Gasteiger partial charge in [-0.05, 0) is 105 Å². The number of sulfonamides is 2. The summed E-state index contributed by atoms with van der Waals surface area (Å²) in [7, 11) is -10.3. The molecule has 23 nitrogen and oxygen atoms in total. The molecule has 0 amide bonds. The number of phenolic OH excluding ortho intramolecular Hbond substituents is 2. The summed E-state index contributed by atoms with van der Waals surface area (Å²) >= 11 is 15.1. The number of halogens is 2. The van der Waals surface area contributed by atoms with Gasteiger partial charge in [-0.3, -0.25) is 14.9 Å². The number of para-hydroxylation sites is 2. The molecule has 2 aliphatic rings. The molecule has 0 saturated carbocycles. The van der Waals surface area contributed by atoms with Gasteiger partial charge in [0.15, 0.2) is 11.9 Å². The van der Waals surface area contributed by atoms with Gasteiger partial charge >= 0.3 is 67.8 Å². The van der Waals surface area contributed by atoms with Crippen molar-refractivity contribution in [3.8, 4) is 34.4 Å². The van der Waals surface area contributed by atoms with Crippen LogP contribution in [0.5, 0.6) is 23.0 Å². The minimum absolute atomic E-state index is 0.0274. The Hall–Kier alpha value is -5.24. The number of carbonyl (C=O) groups is 1. The van der Waals surface area contributed by atoms with Crippen LogP contribution in [0.1, 0.15) is 42.1 Å². The number of hydrogen-bond donors (Lipinski definition) is 3. The van der Waals surface area contributed by atoms with Crippen molar-refractivity contribution in [1.82, 2.24) is 28.1 Å². The molecule has 2 fully saturated rings. The number of anilines is 1. The molecule has 2 saturated heterocycles. The van der Waals surface area contributed by atoms with Crippen LogP contribution < -0.4 is 14.8 Å². The number of benzene rings is 4. The Morgan fingerprint density at radius 2 is 1.20 bits per heavy atom. The van der Waals surface area contributed by atoms with E-state index in [-0.39, 0.29) is 68.0 Å². The number of nitrogens with one attached hydrogen (secondary N) is 1. The number of pyridine rings is 2. The first-order chi connectivity index (χ1) is 37.7. The molecule has 0 aliphatic carbocycles. The number of ether oxygens (including phenoxy) is 2. The van der Waals surface area contributed by atoms with Crippen molar-refractivity contribution in [3.63, 3.8) is 0 Å². The summed E-state index contributed by atoms with van der Waals surface area (Å²) in [6.45, 7) is 1.24. The zero-order valence-electron chi connectivity index (χ0n) is 42.7. The number of imidazole rings is 1.